The van der Waals surface area contributed by atoms with Crippen LogP contribution in [0, 0.1) is 0 Å². The van der Waals surface area contributed by atoms with E-state index in [2.05, 4.69) is 4.98 Å². The SMILES string of the molecule is C[C@@H](c1ccc(-c2ccc(=O)[nH]c2)cc1)[C@H](N)C(=O)N1CC[C@H](F)C1.O=C(O)C(F)(F)F. The van der Waals surface area contributed by atoms with Crippen molar-refractivity contribution in [2.75, 3.05) is 13.1 Å². The van der Waals surface area contributed by atoms with E-state index in [4.69, 9.17) is 15.6 Å². The standard InChI is InChI=1S/C19H22FN3O2.C2HF3O2/c1-12(18(21)19(25)23-9-8-16(20)11-23)13-2-4-14(5-3-13)15-6-7-17(24)22-10-15;3-2(4,5)1(6)7/h2-7,10,12,16,18H,8-9,11,21H2,1H3,(H,22,24);(H,6,7)/t12-,16-,18-;/m0./s1. The number of likely N-dealkylation sites (tertiary alicyclic amines) is 1. The molecule has 7 nitrogen and oxygen atoms in total. The Balaban J connectivity index is 0.000000451. The van der Waals surface area contributed by atoms with Crippen molar-refractivity contribution in [2.24, 2.45) is 5.73 Å². The first-order chi connectivity index (χ1) is 14.9. The van der Waals surface area contributed by atoms with Gasteiger partial charge in [-0.15, -0.1) is 0 Å². The Hall–Kier alpha value is -3.21. The van der Waals surface area contributed by atoms with Gasteiger partial charge < -0.3 is 20.7 Å². The molecule has 1 saturated heterocycles. The molecule has 4 N–H and O–H groups in total. The van der Waals surface area contributed by atoms with Crippen LogP contribution in [0.1, 0.15) is 24.8 Å². The maximum Gasteiger partial charge on any atom is 0.490 e. The molecule has 174 valence electrons. The van der Waals surface area contributed by atoms with Crippen molar-refractivity contribution in [3.8, 4) is 11.1 Å². The van der Waals surface area contributed by atoms with Crippen LogP contribution in [0.3, 0.4) is 0 Å². The van der Waals surface area contributed by atoms with Crippen LogP contribution < -0.4 is 11.3 Å². The van der Waals surface area contributed by atoms with Gasteiger partial charge in [0.15, 0.2) is 0 Å². The lowest BCUT2D eigenvalue weighted by Gasteiger charge is -2.25. The molecule has 1 aliphatic heterocycles. The Morgan fingerprint density at radius 2 is 1.72 bits per heavy atom. The average Bonchev–Trinajstić information content (AvgIpc) is 3.19. The van der Waals surface area contributed by atoms with Gasteiger partial charge in [0.2, 0.25) is 11.5 Å². The van der Waals surface area contributed by atoms with E-state index in [0.717, 1.165) is 16.7 Å². The Kier molecular flexibility index (Phi) is 8.14. The van der Waals surface area contributed by atoms with Crippen molar-refractivity contribution in [3.05, 3.63) is 58.5 Å². The molecule has 1 amide bonds. The van der Waals surface area contributed by atoms with Crippen LogP contribution in [0.2, 0.25) is 0 Å². The molecule has 0 spiro atoms. The molecule has 3 rings (SSSR count). The highest BCUT2D eigenvalue weighted by atomic mass is 19.4. The second-order valence-corrected chi connectivity index (χ2v) is 7.35. The number of nitrogens with zero attached hydrogens (tertiary/aromatic N) is 1. The van der Waals surface area contributed by atoms with E-state index in [1.54, 1.807) is 12.3 Å². The van der Waals surface area contributed by atoms with Gasteiger partial charge in [-0.05, 0) is 29.2 Å². The van der Waals surface area contributed by atoms with Crippen molar-refractivity contribution >= 4 is 11.9 Å². The largest absolute Gasteiger partial charge is 0.490 e. The quantitative estimate of drug-likeness (QED) is 0.611. The molecule has 0 unspecified atom stereocenters. The summed E-state index contributed by atoms with van der Waals surface area (Å²) in [5.41, 5.74) is 8.81. The lowest BCUT2D eigenvalue weighted by atomic mass is 9.91. The number of aromatic nitrogens is 1. The minimum Gasteiger partial charge on any atom is -0.475 e. The highest BCUT2D eigenvalue weighted by Crippen LogP contribution is 2.25. The van der Waals surface area contributed by atoms with E-state index in [9.17, 15) is 27.2 Å². The number of rotatable bonds is 4. The lowest BCUT2D eigenvalue weighted by molar-refractivity contribution is -0.192. The molecular weight excluding hydrogens is 434 g/mol. The number of hydrogen-bond acceptors (Lipinski definition) is 4. The van der Waals surface area contributed by atoms with Crippen molar-refractivity contribution in [1.82, 2.24) is 9.88 Å². The van der Waals surface area contributed by atoms with Crippen molar-refractivity contribution < 1.29 is 32.3 Å². The molecule has 3 atom stereocenters. The normalized spacial score (nSPS) is 17.8. The van der Waals surface area contributed by atoms with Crippen LogP contribution in [-0.2, 0) is 9.59 Å². The summed E-state index contributed by atoms with van der Waals surface area (Å²) < 4.78 is 45.0. The fourth-order valence-electron chi connectivity index (χ4n) is 3.12. The Labute approximate surface area is 180 Å². The number of halogens is 4. The van der Waals surface area contributed by atoms with Crippen LogP contribution in [-0.4, -0.2) is 58.3 Å². The monoisotopic (exact) mass is 457 g/mol. The lowest BCUT2D eigenvalue weighted by Crippen LogP contribution is -2.45. The Morgan fingerprint density at radius 3 is 2.16 bits per heavy atom. The summed E-state index contributed by atoms with van der Waals surface area (Å²) in [7, 11) is 0. The van der Waals surface area contributed by atoms with E-state index in [-0.39, 0.29) is 23.9 Å². The van der Waals surface area contributed by atoms with E-state index in [1.165, 1.54) is 11.0 Å². The topological polar surface area (TPSA) is 116 Å². The smallest absolute Gasteiger partial charge is 0.475 e. The van der Waals surface area contributed by atoms with Gasteiger partial charge in [0.25, 0.3) is 0 Å². The number of pyridine rings is 1. The number of benzene rings is 1. The summed E-state index contributed by atoms with van der Waals surface area (Å²) >= 11 is 0. The molecule has 11 heteroatoms. The third-order valence-corrected chi connectivity index (χ3v) is 5.06. The van der Waals surface area contributed by atoms with E-state index < -0.39 is 24.4 Å². The van der Waals surface area contributed by atoms with Crippen molar-refractivity contribution in [2.45, 2.75) is 37.7 Å². The van der Waals surface area contributed by atoms with Gasteiger partial charge in [-0.25, -0.2) is 9.18 Å². The number of aromatic amines is 1. The molecule has 0 radical (unpaired) electrons. The number of amides is 1. The zero-order chi connectivity index (χ0) is 24.1. The summed E-state index contributed by atoms with van der Waals surface area (Å²) in [6, 6.07) is 10.3. The molecule has 2 aromatic rings. The van der Waals surface area contributed by atoms with Gasteiger partial charge in [-0.3, -0.25) is 9.59 Å². The first kappa shape index (κ1) is 25.1. The van der Waals surface area contributed by atoms with Gasteiger partial charge in [0.05, 0.1) is 12.6 Å². The Morgan fingerprint density at radius 1 is 1.16 bits per heavy atom. The molecule has 0 saturated carbocycles. The molecule has 1 fully saturated rings. The third kappa shape index (κ3) is 6.64. The predicted octanol–water partition coefficient (Wildman–Crippen LogP) is 2.68. The second kappa shape index (κ2) is 10.4. The molecule has 1 aromatic heterocycles. The number of hydrogen-bond donors (Lipinski definition) is 3. The van der Waals surface area contributed by atoms with Crippen LogP contribution >= 0.6 is 0 Å². The van der Waals surface area contributed by atoms with E-state index >= 15 is 0 Å². The minimum absolute atomic E-state index is 0.143. The molecule has 2 heterocycles. The van der Waals surface area contributed by atoms with E-state index in [1.807, 2.05) is 31.2 Å². The molecule has 1 aliphatic rings. The maximum absolute atomic E-state index is 13.3. The second-order valence-electron chi connectivity index (χ2n) is 7.35. The summed E-state index contributed by atoms with van der Waals surface area (Å²) in [5, 5.41) is 7.12. The van der Waals surface area contributed by atoms with Crippen LogP contribution in [0.15, 0.2) is 47.4 Å². The molecule has 32 heavy (non-hydrogen) atoms. The van der Waals surface area contributed by atoms with Gasteiger partial charge in [-0.2, -0.15) is 13.2 Å². The number of carbonyl (C=O) groups excluding carboxylic acids is 1. The fourth-order valence-corrected chi connectivity index (χ4v) is 3.12. The first-order valence-electron chi connectivity index (χ1n) is 9.67. The van der Waals surface area contributed by atoms with Gasteiger partial charge in [0, 0.05) is 24.7 Å². The zero-order valence-electron chi connectivity index (χ0n) is 17.1. The van der Waals surface area contributed by atoms with Gasteiger partial charge in [-0.1, -0.05) is 31.2 Å². The Bertz CT molecular complexity index is 971. The summed E-state index contributed by atoms with van der Waals surface area (Å²) in [6.07, 6.45) is -3.97. The highest BCUT2D eigenvalue weighted by molar-refractivity contribution is 5.83. The van der Waals surface area contributed by atoms with Crippen LogP contribution in [0.4, 0.5) is 17.6 Å². The number of aliphatic carboxylic acids is 1. The average molecular weight is 457 g/mol. The first-order valence-corrected chi connectivity index (χ1v) is 9.67. The minimum atomic E-state index is -5.08. The molecule has 0 bridgehead atoms. The zero-order valence-corrected chi connectivity index (χ0v) is 17.1. The number of carboxylic acid groups (broad SMARTS) is 1. The number of carbonyl (C=O) groups is 2. The molecule has 0 aliphatic carbocycles. The predicted molar refractivity (Wildman–Crippen MR) is 109 cm³/mol. The number of carboxylic acids is 1. The van der Waals surface area contributed by atoms with Gasteiger partial charge in [0.1, 0.15) is 6.17 Å². The molecular formula is C21H23F4N3O4. The van der Waals surface area contributed by atoms with Crippen LogP contribution in [0.5, 0.6) is 0 Å². The van der Waals surface area contributed by atoms with Gasteiger partial charge >= 0.3 is 12.1 Å². The number of nitrogens with two attached hydrogens (primary N) is 1. The third-order valence-electron chi connectivity index (χ3n) is 5.06. The highest BCUT2D eigenvalue weighted by Gasteiger charge is 2.38. The summed E-state index contributed by atoms with van der Waals surface area (Å²) in [4.78, 5) is 36.6. The maximum atomic E-state index is 13.3. The summed E-state index contributed by atoms with van der Waals surface area (Å²) in [6.45, 7) is 2.48. The number of H-pyrrole nitrogens is 1. The number of alkyl halides is 4. The summed E-state index contributed by atoms with van der Waals surface area (Å²) in [5.74, 6) is -3.12. The number of nitrogens with one attached hydrogen (secondary N) is 1. The fraction of sp³-hybridized carbons (Fsp3) is 0.381. The van der Waals surface area contributed by atoms with Crippen LogP contribution in [0.25, 0.3) is 11.1 Å². The molecule has 1 aromatic carbocycles. The van der Waals surface area contributed by atoms with Crippen molar-refractivity contribution in [3.63, 3.8) is 0 Å². The van der Waals surface area contributed by atoms with Crippen molar-refractivity contribution in [1.29, 1.82) is 0 Å². The van der Waals surface area contributed by atoms with E-state index in [0.29, 0.717) is 13.0 Å².